The molecule has 0 aliphatic carbocycles. The third kappa shape index (κ3) is 3.92. The molecule has 4 heteroatoms. The third-order valence-corrected chi connectivity index (χ3v) is 4.02. The summed E-state index contributed by atoms with van der Waals surface area (Å²) in [7, 11) is 0. The van der Waals surface area contributed by atoms with Gasteiger partial charge < -0.3 is 10.2 Å². The quantitative estimate of drug-likeness (QED) is 0.918. The van der Waals surface area contributed by atoms with Crippen LogP contribution in [0.4, 0.5) is 5.95 Å². The molecule has 0 amide bonds. The van der Waals surface area contributed by atoms with Crippen molar-refractivity contribution in [1.29, 1.82) is 0 Å². The van der Waals surface area contributed by atoms with Crippen LogP contribution in [0.5, 0.6) is 0 Å². The zero-order valence-corrected chi connectivity index (χ0v) is 13.5. The first kappa shape index (κ1) is 15.2. The van der Waals surface area contributed by atoms with Crippen LogP contribution in [0.1, 0.15) is 51.8 Å². The summed E-state index contributed by atoms with van der Waals surface area (Å²) in [4.78, 5) is 11.6. The van der Waals surface area contributed by atoms with Crippen LogP contribution in [0.3, 0.4) is 0 Å². The fourth-order valence-electron chi connectivity index (χ4n) is 2.51. The smallest absolute Gasteiger partial charge is 0.225 e. The van der Waals surface area contributed by atoms with E-state index in [9.17, 15) is 0 Å². The molecule has 20 heavy (non-hydrogen) atoms. The normalized spacial score (nSPS) is 19.6. The van der Waals surface area contributed by atoms with Crippen molar-refractivity contribution in [2.45, 2.75) is 59.5 Å². The number of hydrogen-bond acceptors (Lipinski definition) is 4. The molecule has 0 spiro atoms. The van der Waals surface area contributed by atoms with E-state index in [0.29, 0.717) is 0 Å². The van der Waals surface area contributed by atoms with E-state index in [1.165, 1.54) is 18.4 Å². The summed E-state index contributed by atoms with van der Waals surface area (Å²) in [6.07, 6.45) is 4.50. The maximum absolute atomic E-state index is 4.70. The Hall–Kier alpha value is -1.16. The Kier molecular flexibility index (Phi) is 4.63. The van der Waals surface area contributed by atoms with Crippen molar-refractivity contribution in [3.8, 4) is 0 Å². The highest BCUT2D eigenvalue weighted by Gasteiger charge is 2.23. The second-order valence-electron chi connectivity index (χ2n) is 6.89. The molecule has 1 aromatic heterocycles. The highest BCUT2D eigenvalue weighted by atomic mass is 15.3. The van der Waals surface area contributed by atoms with E-state index < -0.39 is 0 Å². The van der Waals surface area contributed by atoms with Gasteiger partial charge in [0.1, 0.15) is 0 Å². The van der Waals surface area contributed by atoms with E-state index >= 15 is 0 Å². The van der Waals surface area contributed by atoms with Gasteiger partial charge in [0.2, 0.25) is 5.95 Å². The van der Waals surface area contributed by atoms with E-state index in [4.69, 9.17) is 4.98 Å². The van der Waals surface area contributed by atoms with Crippen molar-refractivity contribution in [2.24, 2.45) is 5.92 Å². The van der Waals surface area contributed by atoms with Crippen molar-refractivity contribution >= 4 is 5.95 Å². The van der Waals surface area contributed by atoms with Gasteiger partial charge in [-0.1, -0.05) is 13.3 Å². The molecule has 1 aliphatic heterocycles. The van der Waals surface area contributed by atoms with Gasteiger partial charge in [0, 0.05) is 42.6 Å². The van der Waals surface area contributed by atoms with E-state index in [2.05, 4.69) is 49.8 Å². The van der Waals surface area contributed by atoms with Gasteiger partial charge in [-0.25, -0.2) is 9.97 Å². The summed E-state index contributed by atoms with van der Waals surface area (Å²) < 4.78 is 0. The van der Waals surface area contributed by atoms with Gasteiger partial charge in [0.15, 0.2) is 0 Å². The molecule has 1 atom stereocenters. The van der Waals surface area contributed by atoms with Crippen LogP contribution in [0.2, 0.25) is 0 Å². The highest BCUT2D eigenvalue weighted by Crippen LogP contribution is 2.23. The Morgan fingerprint density at radius 1 is 1.40 bits per heavy atom. The zero-order valence-electron chi connectivity index (χ0n) is 13.5. The first-order chi connectivity index (χ1) is 9.39. The Balaban J connectivity index is 2.02. The predicted octanol–water partition coefficient (Wildman–Crippen LogP) is 2.91. The number of hydrogen-bond donors (Lipinski definition) is 1. The maximum Gasteiger partial charge on any atom is 0.225 e. The lowest BCUT2D eigenvalue weighted by molar-refractivity contribution is 0.423. The van der Waals surface area contributed by atoms with Crippen LogP contribution < -0.4 is 10.2 Å². The van der Waals surface area contributed by atoms with Gasteiger partial charge in [-0.2, -0.15) is 0 Å². The fraction of sp³-hybridized carbons (Fsp3) is 0.750. The number of nitrogens with one attached hydrogen (secondary N) is 1. The van der Waals surface area contributed by atoms with E-state index in [0.717, 1.165) is 37.2 Å². The Labute approximate surface area is 123 Å². The van der Waals surface area contributed by atoms with Crippen LogP contribution in [0.15, 0.2) is 6.20 Å². The molecule has 0 radical (unpaired) electrons. The molecule has 1 N–H and O–H groups in total. The Morgan fingerprint density at radius 3 is 2.70 bits per heavy atom. The van der Waals surface area contributed by atoms with Crippen LogP contribution in [0.25, 0.3) is 0 Å². The second-order valence-corrected chi connectivity index (χ2v) is 6.89. The third-order valence-electron chi connectivity index (χ3n) is 4.02. The highest BCUT2D eigenvalue weighted by molar-refractivity contribution is 5.34. The van der Waals surface area contributed by atoms with E-state index in [1.54, 1.807) is 0 Å². The molecule has 2 heterocycles. The predicted molar refractivity (Wildman–Crippen MR) is 84.0 cm³/mol. The average Bonchev–Trinajstić information content (AvgIpc) is 2.85. The van der Waals surface area contributed by atoms with Crippen molar-refractivity contribution in [3.63, 3.8) is 0 Å². The first-order valence-corrected chi connectivity index (χ1v) is 7.71. The summed E-state index contributed by atoms with van der Waals surface area (Å²) in [5.41, 5.74) is 2.40. The van der Waals surface area contributed by atoms with Gasteiger partial charge in [0.05, 0.1) is 0 Å². The number of aromatic nitrogens is 2. The lowest BCUT2D eigenvalue weighted by Crippen LogP contribution is -2.35. The van der Waals surface area contributed by atoms with Gasteiger partial charge in [0.25, 0.3) is 0 Å². The van der Waals surface area contributed by atoms with Crippen LogP contribution >= 0.6 is 0 Å². The summed E-state index contributed by atoms with van der Waals surface area (Å²) in [6, 6.07) is 0. The van der Waals surface area contributed by atoms with Crippen molar-refractivity contribution in [2.75, 3.05) is 18.0 Å². The average molecular weight is 276 g/mol. The van der Waals surface area contributed by atoms with Crippen LogP contribution in [-0.2, 0) is 6.54 Å². The number of rotatable bonds is 4. The summed E-state index contributed by atoms with van der Waals surface area (Å²) >= 11 is 0. The number of nitrogens with zero attached hydrogens (tertiary/aromatic N) is 3. The van der Waals surface area contributed by atoms with Crippen molar-refractivity contribution in [1.82, 2.24) is 15.3 Å². The fourth-order valence-corrected chi connectivity index (χ4v) is 2.51. The van der Waals surface area contributed by atoms with Crippen molar-refractivity contribution < 1.29 is 0 Å². The molecule has 0 aromatic carbocycles. The van der Waals surface area contributed by atoms with E-state index in [1.807, 2.05) is 6.20 Å². The Bertz CT molecular complexity index is 450. The second kappa shape index (κ2) is 6.08. The van der Waals surface area contributed by atoms with E-state index in [-0.39, 0.29) is 5.54 Å². The molecule has 0 saturated carbocycles. The summed E-state index contributed by atoms with van der Waals surface area (Å²) in [5, 5.41) is 3.49. The molecule has 2 rings (SSSR count). The van der Waals surface area contributed by atoms with Crippen LogP contribution in [-0.4, -0.2) is 28.6 Å². The number of anilines is 1. The molecule has 1 aromatic rings. The van der Waals surface area contributed by atoms with Gasteiger partial charge in [-0.15, -0.1) is 0 Å². The lowest BCUT2D eigenvalue weighted by Gasteiger charge is -2.22. The SMILES string of the molecule is CCC1CCN(c2ncc(CNC(C)(C)C)c(C)n2)C1. The van der Waals surface area contributed by atoms with Gasteiger partial charge in [-0.3, -0.25) is 0 Å². The molecular formula is C16H28N4. The molecule has 4 nitrogen and oxygen atoms in total. The Morgan fingerprint density at radius 2 is 2.15 bits per heavy atom. The first-order valence-electron chi connectivity index (χ1n) is 7.71. The minimum absolute atomic E-state index is 0.119. The molecular weight excluding hydrogens is 248 g/mol. The molecule has 112 valence electrons. The number of aryl methyl sites for hydroxylation is 1. The van der Waals surface area contributed by atoms with Gasteiger partial charge >= 0.3 is 0 Å². The lowest BCUT2D eigenvalue weighted by atomic mass is 10.1. The maximum atomic E-state index is 4.70. The monoisotopic (exact) mass is 276 g/mol. The minimum Gasteiger partial charge on any atom is -0.341 e. The molecule has 1 aliphatic rings. The standard InChI is InChI=1S/C16H28N4/c1-6-13-7-8-20(11-13)15-17-9-14(12(2)19-15)10-18-16(3,4)5/h9,13,18H,6-8,10-11H2,1-5H3. The summed E-state index contributed by atoms with van der Waals surface area (Å²) in [5.74, 6) is 1.71. The van der Waals surface area contributed by atoms with Crippen LogP contribution in [0, 0.1) is 12.8 Å². The largest absolute Gasteiger partial charge is 0.341 e. The minimum atomic E-state index is 0.119. The molecule has 1 saturated heterocycles. The molecule has 1 unspecified atom stereocenters. The summed E-state index contributed by atoms with van der Waals surface area (Å²) in [6.45, 7) is 13.9. The topological polar surface area (TPSA) is 41.1 Å². The van der Waals surface area contributed by atoms with Gasteiger partial charge in [-0.05, 0) is 40.0 Å². The molecule has 0 bridgehead atoms. The zero-order chi connectivity index (χ0) is 14.8. The van der Waals surface area contributed by atoms with Crippen molar-refractivity contribution in [3.05, 3.63) is 17.5 Å². The molecule has 1 fully saturated rings.